The van der Waals surface area contributed by atoms with Crippen molar-refractivity contribution in [3.8, 4) is 11.5 Å². The smallest absolute Gasteiger partial charge is 0.251 e. The Kier molecular flexibility index (Phi) is 6.63. The van der Waals surface area contributed by atoms with E-state index in [1.54, 1.807) is 38.5 Å². The van der Waals surface area contributed by atoms with E-state index in [9.17, 15) is 4.79 Å². The second-order valence-electron chi connectivity index (χ2n) is 5.13. The molecule has 0 aliphatic rings. The Balaban J connectivity index is 2.00. The second kappa shape index (κ2) is 8.93. The topological polar surface area (TPSA) is 56.8 Å². The normalized spacial score (nSPS) is 11.6. The molecular weight excluding hydrogens is 306 g/mol. The maximum atomic E-state index is 12.3. The third-order valence-electron chi connectivity index (χ3n) is 3.65. The molecule has 2 rings (SSSR count). The van der Waals surface area contributed by atoms with Gasteiger partial charge in [-0.05, 0) is 37.3 Å². The molecule has 2 aromatic rings. The first-order chi connectivity index (χ1) is 11.7. The van der Waals surface area contributed by atoms with Crippen LogP contribution in [0.25, 0.3) is 0 Å². The molecule has 0 radical (unpaired) electrons. The van der Waals surface area contributed by atoms with Crippen LogP contribution in [0.5, 0.6) is 11.5 Å². The first-order valence-corrected chi connectivity index (χ1v) is 7.86. The molecular formula is C19H23NO4. The summed E-state index contributed by atoms with van der Waals surface area (Å²) in [5, 5.41) is 2.89. The average Bonchev–Trinajstić information content (AvgIpc) is 2.63. The predicted molar refractivity (Wildman–Crippen MR) is 92.7 cm³/mol. The molecule has 5 heteroatoms. The SMILES string of the molecule is CCOc1ccc(C(=O)NCC(OC)c2ccccc2OC)cc1. The summed E-state index contributed by atoms with van der Waals surface area (Å²) in [6.07, 6.45) is -0.284. The number of rotatable bonds is 8. The number of amides is 1. The highest BCUT2D eigenvalue weighted by Crippen LogP contribution is 2.26. The van der Waals surface area contributed by atoms with Gasteiger partial charge in [-0.2, -0.15) is 0 Å². The largest absolute Gasteiger partial charge is 0.496 e. The van der Waals surface area contributed by atoms with E-state index in [1.165, 1.54) is 0 Å². The van der Waals surface area contributed by atoms with Gasteiger partial charge in [-0.25, -0.2) is 0 Å². The molecule has 0 bridgehead atoms. The highest BCUT2D eigenvalue weighted by molar-refractivity contribution is 5.94. The van der Waals surface area contributed by atoms with Crippen LogP contribution in [0, 0.1) is 0 Å². The van der Waals surface area contributed by atoms with Gasteiger partial charge in [-0.1, -0.05) is 18.2 Å². The van der Waals surface area contributed by atoms with Crippen molar-refractivity contribution in [2.24, 2.45) is 0 Å². The Hall–Kier alpha value is -2.53. The maximum absolute atomic E-state index is 12.3. The zero-order valence-corrected chi connectivity index (χ0v) is 14.2. The molecule has 1 atom stereocenters. The first kappa shape index (κ1) is 17.8. The van der Waals surface area contributed by atoms with Crippen molar-refractivity contribution in [3.05, 3.63) is 59.7 Å². The lowest BCUT2D eigenvalue weighted by molar-refractivity contribution is 0.0819. The molecule has 1 amide bonds. The molecule has 0 aliphatic heterocycles. The Morgan fingerprint density at radius 2 is 1.79 bits per heavy atom. The Bertz CT molecular complexity index is 655. The number of methoxy groups -OCH3 is 2. The molecule has 0 saturated carbocycles. The predicted octanol–water partition coefficient (Wildman–Crippen LogP) is 3.21. The number of para-hydroxylation sites is 1. The van der Waals surface area contributed by atoms with Crippen molar-refractivity contribution in [1.29, 1.82) is 0 Å². The Labute approximate surface area is 142 Å². The number of carbonyl (C=O) groups is 1. The lowest BCUT2D eigenvalue weighted by Crippen LogP contribution is -2.29. The van der Waals surface area contributed by atoms with Crippen molar-refractivity contribution in [1.82, 2.24) is 5.32 Å². The van der Waals surface area contributed by atoms with E-state index in [0.29, 0.717) is 18.7 Å². The van der Waals surface area contributed by atoms with E-state index in [0.717, 1.165) is 17.1 Å². The summed E-state index contributed by atoms with van der Waals surface area (Å²) in [4.78, 5) is 12.3. The van der Waals surface area contributed by atoms with Gasteiger partial charge in [0.25, 0.3) is 5.91 Å². The van der Waals surface area contributed by atoms with Gasteiger partial charge in [0, 0.05) is 24.8 Å². The number of benzene rings is 2. The minimum atomic E-state index is -0.284. The number of nitrogens with one attached hydrogen (secondary N) is 1. The summed E-state index contributed by atoms with van der Waals surface area (Å²) in [5.74, 6) is 1.33. The zero-order chi connectivity index (χ0) is 17.4. The third-order valence-corrected chi connectivity index (χ3v) is 3.65. The van der Waals surface area contributed by atoms with E-state index in [4.69, 9.17) is 14.2 Å². The van der Waals surface area contributed by atoms with Crippen LogP contribution in [0.3, 0.4) is 0 Å². The van der Waals surface area contributed by atoms with Crippen molar-refractivity contribution >= 4 is 5.91 Å². The summed E-state index contributed by atoms with van der Waals surface area (Å²) in [7, 11) is 3.23. The number of hydrogen-bond donors (Lipinski definition) is 1. The molecule has 0 fully saturated rings. The van der Waals surface area contributed by atoms with Crippen LogP contribution in [0.1, 0.15) is 28.9 Å². The van der Waals surface area contributed by atoms with Gasteiger partial charge in [0.15, 0.2) is 0 Å². The molecule has 0 spiro atoms. The number of ether oxygens (including phenoxy) is 3. The summed E-state index contributed by atoms with van der Waals surface area (Å²) < 4.78 is 16.2. The standard InChI is InChI=1S/C19H23NO4/c1-4-24-15-11-9-14(10-12-15)19(21)20-13-18(23-3)16-7-5-6-8-17(16)22-2/h5-12,18H,4,13H2,1-3H3,(H,20,21). The molecule has 1 unspecified atom stereocenters. The van der Waals surface area contributed by atoms with E-state index < -0.39 is 0 Å². The van der Waals surface area contributed by atoms with E-state index >= 15 is 0 Å². The quantitative estimate of drug-likeness (QED) is 0.808. The molecule has 24 heavy (non-hydrogen) atoms. The van der Waals surface area contributed by atoms with Crippen LogP contribution in [-0.2, 0) is 4.74 Å². The van der Waals surface area contributed by atoms with Gasteiger partial charge < -0.3 is 19.5 Å². The van der Waals surface area contributed by atoms with Gasteiger partial charge in [-0.15, -0.1) is 0 Å². The molecule has 0 saturated heterocycles. The monoisotopic (exact) mass is 329 g/mol. The van der Waals surface area contributed by atoms with Crippen LogP contribution < -0.4 is 14.8 Å². The third kappa shape index (κ3) is 4.49. The average molecular weight is 329 g/mol. The van der Waals surface area contributed by atoms with Crippen LogP contribution in [0.4, 0.5) is 0 Å². The Morgan fingerprint density at radius 3 is 2.42 bits per heavy atom. The van der Waals surface area contributed by atoms with Crippen LogP contribution in [0.2, 0.25) is 0 Å². The van der Waals surface area contributed by atoms with E-state index in [2.05, 4.69) is 5.32 Å². The zero-order valence-electron chi connectivity index (χ0n) is 14.2. The van der Waals surface area contributed by atoms with Crippen molar-refractivity contribution in [2.75, 3.05) is 27.4 Å². The van der Waals surface area contributed by atoms with Gasteiger partial charge in [0.1, 0.15) is 17.6 Å². The number of carbonyl (C=O) groups excluding carboxylic acids is 1. The molecule has 0 aliphatic carbocycles. The lowest BCUT2D eigenvalue weighted by atomic mass is 10.1. The van der Waals surface area contributed by atoms with Crippen LogP contribution in [-0.4, -0.2) is 33.3 Å². The summed E-state index contributed by atoms with van der Waals surface area (Å²) in [6.45, 7) is 2.87. The summed E-state index contributed by atoms with van der Waals surface area (Å²) in [5.41, 5.74) is 1.47. The van der Waals surface area contributed by atoms with E-state index in [1.807, 2.05) is 31.2 Å². The molecule has 0 heterocycles. The van der Waals surface area contributed by atoms with Crippen molar-refractivity contribution in [2.45, 2.75) is 13.0 Å². The van der Waals surface area contributed by atoms with Crippen molar-refractivity contribution < 1.29 is 19.0 Å². The van der Waals surface area contributed by atoms with Gasteiger partial charge in [-0.3, -0.25) is 4.79 Å². The number of hydrogen-bond acceptors (Lipinski definition) is 4. The van der Waals surface area contributed by atoms with Crippen molar-refractivity contribution in [3.63, 3.8) is 0 Å². The summed E-state index contributed by atoms with van der Waals surface area (Å²) in [6, 6.07) is 14.7. The maximum Gasteiger partial charge on any atom is 0.251 e. The van der Waals surface area contributed by atoms with Crippen LogP contribution >= 0.6 is 0 Å². The van der Waals surface area contributed by atoms with Gasteiger partial charge in [0.2, 0.25) is 0 Å². The Morgan fingerprint density at radius 1 is 1.08 bits per heavy atom. The van der Waals surface area contributed by atoms with E-state index in [-0.39, 0.29) is 12.0 Å². The lowest BCUT2D eigenvalue weighted by Gasteiger charge is -2.19. The highest BCUT2D eigenvalue weighted by Gasteiger charge is 2.16. The van der Waals surface area contributed by atoms with Crippen LogP contribution in [0.15, 0.2) is 48.5 Å². The fraction of sp³-hybridized carbons (Fsp3) is 0.316. The molecule has 2 aromatic carbocycles. The fourth-order valence-corrected chi connectivity index (χ4v) is 2.41. The van der Waals surface area contributed by atoms with Gasteiger partial charge in [0.05, 0.1) is 13.7 Å². The van der Waals surface area contributed by atoms with Gasteiger partial charge >= 0.3 is 0 Å². The molecule has 5 nitrogen and oxygen atoms in total. The minimum Gasteiger partial charge on any atom is -0.496 e. The second-order valence-corrected chi connectivity index (χ2v) is 5.13. The molecule has 1 N–H and O–H groups in total. The minimum absolute atomic E-state index is 0.157. The summed E-state index contributed by atoms with van der Waals surface area (Å²) >= 11 is 0. The fourth-order valence-electron chi connectivity index (χ4n) is 2.41. The first-order valence-electron chi connectivity index (χ1n) is 7.86. The highest BCUT2D eigenvalue weighted by atomic mass is 16.5. The molecule has 128 valence electrons. The molecule has 0 aromatic heterocycles.